The summed E-state index contributed by atoms with van der Waals surface area (Å²) in [4.78, 5) is 0. The highest BCUT2D eigenvalue weighted by atomic mass is 32.1. The van der Waals surface area contributed by atoms with Crippen molar-refractivity contribution in [3.05, 3.63) is 58.0 Å². The fraction of sp³-hybridized carbons (Fsp3) is 0.231. The zero-order valence-electron chi connectivity index (χ0n) is 9.21. The molecule has 1 aromatic carbocycles. The van der Waals surface area contributed by atoms with Crippen molar-refractivity contribution < 1.29 is 9.50 Å². The van der Waals surface area contributed by atoms with E-state index in [1.807, 2.05) is 16.8 Å². The number of thiophene rings is 1. The molecule has 2 unspecified atom stereocenters. The van der Waals surface area contributed by atoms with Crippen LogP contribution in [-0.4, -0.2) is 11.7 Å². The lowest BCUT2D eigenvalue weighted by molar-refractivity contribution is 0.146. The molecule has 0 radical (unpaired) electrons. The summed E-state index contributed by atoms with van der Waals surface area (Å²) in [6, 6.07) is 8.27. The van der Waals surface area contributed by atoms with E-state index in [-0.39, 0.29) is 12.4 Å². The first-order chi connectivity index (χ1) is 8.24. The van der Waals surface area contributed by atoms with Crippen molar-refractivity contribution in [1.82, 2.24) is 0 Å². The Kier molecular flexibility index (Phi) is 3.89. The zero-order chi connectivity index (χ0) is 12.3. The SMILES string of the molecule is NCC(c1ccccc1F)C(O)c1ccsc1. The molecule has 2 rings (SSSR count). The zero-order valence-corrected chi connectivity index (χ0v) is 10.0. The van der Waals surface area contributed by atoms with Gasteiger partial charge in [0, 0.05) is 12.5 Å². The summed E-state index contributed by atoms with van der Waals surface area (Å²) in [5.41, 5.74) is 6.91. The summed E-state index contributed by atoms with van der Waals surface area (Å²) in [7, 11) is 0. The molecule has 0 aliphatic heterocycles. The van der Waals surface area contributed by atoms with Gasteiger partial charge in [0.25, 0.3) is 0 Å². The van der Waals surface area contributed by atoms with Crippen LogP contribution in [0.2, 0.25) is 0 Å². The molecule has 90 valence electrons. The predicted octanol–water partition coefficient (Wildman–Crippen LogP) is 2.66. The number of hydrogen-bond donors (Lipinski definition) is 2. The van der Waals surface area contributed by atoms with E-state index in [9.17, 15) is 9.50 Å². The molecule has 1 heterocycles. The highest BCUT2D eigenvalue weighted by Gasteiger charge is 2.24. The third-order valence-corrected chi connectivity index (χ3v) is 3.53. The molecule has 2 atom stereocenters. The second-order valence-corrected chi connectivity index (χ2v) is 4.65. The van der Waals surface area contributed by atoms with Crippen molar-refractivity contribution in [3.8, 4) is 0 Å². The van der Waals surface area contributed by atoms with Crippen LogP contribution in [0.1, 0.15) is 23.1 Å². The minimum Gasteiger partial charge on any atom is -0.388 e. The molecule has 2 aromatic rings. The van der Waals surface area contributed by atoms with E-state index < -0.39 is 12.0 Å². The molecule has 1 aromatic heterocycles. The van der Waals surface area contributed by atoms with Gasteiger partial charge in [0.1, 0.15) is 5.82 Å². The third-order valence-electron chi connectivity index (χ3n) is 2.82. The van der Waals surface area contributed by atoms with Crippen LogP contribution in [0.5, 0.6) is 0 Å². The van der Waals surface area contributed by atoms with Crippen molar-refractivity contribution in [1.29, 1.82) is 0 Å². The molecule has 2 nitrogen and oxygen atoms in total. The van der Waals surface area contributed by atoms with E-state index in [0.29, 0.717) is 5.56 Å². The summed E-state index contributed by atoms with van der Waals surface area (Å²) >= 11 is 1.50. The van der Waals surface area contributed by atoms with Crippen LogP contribution in [0.4, 0.5) is 4.39 Å². The average Bonchev–Trinajstić information content (AvgIpc) is 2.86. The monoisotopic (exact) mass is 251 g/mol. The maximum Gasteiger partial charge on any atom is 0.126 e. The number of aliphatic hydroxyl groups is 1. The van der Waals surface area contributed by atoms with Crippen molar-refractivity contribution in [2.45, 2.75) is 12.0 Å². The quantitative estimate of drug-likeness (QED) is 0.877. The smallest absolute Gasteiger partial charge is 0.126 e. The minimum atomic E-state index is -0.761. The number of hydrogen-bond acceptors (Lipinski definition) is 3. The summed E-state index contributed by atoms with van der Waals surface area (Å²) in [5.74, 6) is -0.733. The van der Waals surface area contributed by atoms with Gasteiger partial charge in [-0.05, 0) is 34.0 Å². The number of rotatable bonds is 4. The first kappa shape index (κ1) is 12.2. The van der Waals surface area contributed by atoms with Crippen LogP contribution in [0.15, 0.2) is 41.1 Å². The molecule has 0 aliphatic carbocycles. The maximum atomic E-state index is 13.7. The van der Waals surface area contributed by atoms with Gasteiger partial charge in [-0.25, -0.2) is 4.39 Å². The Hall–Kier alpha value is -1.23. The van der Waals surface area contributed by atoms with Gasteiger partial charge in [-0.15, -0.1) is 0 Å². The van der Waals surface area contributed by atoms with Crippen LogP contribution in [0, 0.1) is 5.82 Å². The highest BCUT2D eigenvalue weighted by Crippen LogP contribution is 2.32. The van der Waals surface area contributed by atoms with Gasteiger partial charge in [-0.1, -0.05) is 18.2 Å². The molecule has 0 aliphatic rings. The molecule has 0 fully saturated rings. The third kappa shape index (κ3) is 2.54. The predicted molar refractivity (Wildman–Crippen MR) is 67.5 cm³/mol. The molecule has 0 bridgehead atoms. The van der Waals surface area contributed by atoms with E-state index in [2.05, 4.69) is 0 Å². The van der Waals surface area contributed by atoms with Crippen molar-refractivity contribution >= 4 is 11.3 Å². The molecule has 3 N–H and O–H groups in total. The largest absolute Gasteiger partial charge is 0.388 e. The van der Waals surface area contributed by atoms with Crippen LogP contribution in [0.3, 0.4) is 0 Å². The fourth-order valence-corrected chi connectivity index (χ4v) is 2.57. The number of benzene rings is 1. The van der Waals surface area contributed by atoms with Crippen LogP contribution in [0.25, 0.3) is 0 Å². The number of aliphatic hydroxyl groups excluding tert-OH is 1. The first-order valence-corrected chi connectivity index (χ1v) is 6.33. The molecule has 0 saturated heterocycles. The number of nitrogens with two attached hydrogens (primary N) is 1. The van der Waals surface area contributed by atoms with Crippen LogP contribution < -0.4 is 5.73 Å². The Morgan fingerprint density at radius 2 is 2.06 bits per heavy atom. The molecule has 0 saturated carbocycles. The van der Waals surface area contributed by atoms with Gasteiger partial charge >= 0.3 is 0 Å². The summed E-state index contributed by atoms with van der Waals surface area (Å²) in [6.45, 7) is 0.206. The Morgan fingerprint density at radius 3 is 2.65 bits per heavy atom. The van der Waals surface area contributed by atoms with Crippen molar-refractivity contribution in [2.24, 2.45) is 5.73 Å². The maximum absolute atomic E-state index is 13.7. The summed E-state index contributed by atoms with van der Waals surface area (Å²) < 4.78 is 13.7. The molecule has 0 amide bonds. The van der Waals surface area contributed by atoms with E-state index in [1.54, 1.807) is 18.2 Å². The average molecular weight is 251 g/mol. The van der Waals surface area contributed by atoms with Gasteiger partial charge in [0.05, 0.1) is 6.10 Å². The van der Waals surface area contributed by atoms with Crippen LogP contribution in [-0.2, 0) is 0 Å². The fourth-order valence-electron chi connectivity index (χ4n) is 1.88. The second kappa shape index (κ2) is 5.40. The second-order valence-electron chi connectivity index (χ2n) is 3.87. The van der Waals surface area contributed by atoms with Gasteiger partial charge in [0.2, 0.25) is 0 Å². The summed E-state index contributed by atoms with van der Waals surface area (Å²) in [6.07, 6.45) is -0.761. The molecular weight excluding hydrogens is 237 g/mol. The van der Waals surface area contributed by atoms with E-state index in [0.717, 1.165) is 5.56 Å². The molecule has 0 spiro atoms. The standard InChI is InChI=1S/C13H14FNOS/c14-12-4-2-1-3-10(12)11(7-15)13(16)9-5-6-17-8-9/h1-6,8,11,13,16H,7,15H2. The highest BCUT2D eigenvalue weighted by molar-refractivity contribution is 7.07. The van der Waals surface area contributed by atoms with E-state index in [1.165, 1.54) is 17.4 Å². The molecule has 17 heavy (non-hydrogen) atoms. The minimum absolute atomic E-state index is 0.206. The van der Waals surface area contributed by atoms with Gasteiger partial charge in [0.15, 0.2) is 0 Å². The Labute approximate surface area is 104 Å². The summed E-state index contributed by atoms with van der Waals surface area (Å²) in [5, 5.41) is 13.9. The lowest BCUT2D eigenvalue weighted by atomic mass is 9.90. The van der Waals surface area contributed by atoms with E-state index in [4.69, 9.17) is 5.73 Å². The first-order valence-electron chi connectivity index (χ1n) is 5.38. The normalized spacial score (nSPS) is 14.5. The van der Waals surface area contributed by atoms with Gasteiger partial charge in [-0.3, -0.25) is 0 Å². The number of halogens is 1. The van der Waals surface area contributed by atoms with E-state index >= 15 is 0 Å². The Bertz CT molecular complexity index is 472. The Balaban J connectivity index is 2.31. The lowest BCUT2D eigenvalue weighted by Gasteiger charge is -2.21. The van der Waals surface area contributed by atoms with Gasteiger partial charge < -0.3 is 10.8 Å². The van der Waals surface area contributed by atoms with Crippen molar-refractivity contribution in [3.63, 3.8) is 0 Å². The van der Waals surface area contributed by atoms with Crippen LogP contribution >= 0.6 is 11.3 Å². The lowest BCUT2D eigenvalue weighted by Crippen LogP contribution is -2.20. The Morgan fingerprint density at radius 1 is 1.29 bits per heavy atom. The molecular formula is C13H14FNOS. The van der Waals surface area contributed by atoms with Crippen molar-refractivity contribution in [2.75, 3.05) is 6.54 Å². The molecule has 4 heteroatoms. The van der Waals surface area contributed by atoms with Gasteiger partial charge in [-0.2, -0.15) is 11.3 Å². The topological polar surface area (TPSA) is 46.2 Å².